The molecule has 1 amide bonds. The largest absolute Gasteiger partial charge is 0.497 e. The molecule has 0 bridgehead atoms. The van der Waals surface area contributed by atoms with Crippen LogP contribution < -0.4 is 14.8 Å². The average Bonchev–Trinajstić information content (AvgIpc) is 2.96. The molecule has 0 unspecified atom stereocenters. The van der Waals surface area contributed by atoms with Crippen LogP contribution in [0.5, 0.6) is 11.5 Å². The van der Waals surface area contributed by atoms with Gasteiger partial charge in [-0.2, -0.15) is 0 Å². The lowest BCUT2D eigenvalue weighted by Crippen LogP contribution is -2.28. The Balaban J connectivity index is 1.60. The maximum Gasteiger partial charge on any atom is 0.287 e. The number of benzene rings is 2. The Morgan fingerprint density at radius 1 is 1.08 bits per heavy atom. The molecule has 0 radical (unpaired) electrons. The second-order valence-corrected chi connectivity index (χ2v) is 5.84. The van der Waals surface area contributed by atoms with Crippen LogP contribution in [0.3, 0.4) is 0 Å². The van der Waals surface area contributed by atoms with E-state index in [0.29, 0.717) is 24.5 Å². The summed E-state index contributed by atoms with van der Waals surface area (Å²) in [5, 5.41) is 3.70. The van der Waals surface area contributed by atoms with Gasteiger partial charge in [0.05, 0.1) is 13.7 Å². The lowest BCUT2D eigenvalue weighted by molar-refractivity contribution is 0.0920. The summed E-state index contributed by atoms with van der Waals surface area (Å²) >= 11 is 0. The van der Waals surface area contributed by atoms with Gasteiger partial charge in [-0.1, -0.05) is 17.7 Å². The molecule has 3 rings (SSSR count). The van der Waals surface area contributed by atoms with Crippen LogP contribution in [0, 0.1) is 13.8 Å². The Morgan fingerprint density at radius 2 is 1.80 bits per heavy atom. The fourth-order valence-electron chi connectivity index (χ4n) is 2.59. The fraction of sp³-hybridized carbons (Fsp3) is 0.250. The standard InChI is InChI=1S/C20H21NO4/c1-13-4-6-15(7-5-13)24-11-10-21-20(22)19-14(2)17-12-16(23-3)8-9-18(17)25-19/h4-9,12H,10-11H2,1-3H3,(H,21,22). The van der Waals surface area contributed by atoms with Crippen molar-refractivity contribution in [2.75, 3.05) is 20.3 Å². The quantitative estimate of drug-likeness (QED) is 0.693. The molecule has 1 aromatic heterocycles. The number of furan rings is 1. The van der Waals surface area contributed by atoms with Gasteiger partial charge >= 0.3 is 0 Å². The monoisotopic (exact) mass is 339 g/mol. The minimum Gasteiger partial charge on any atom is -0.497 e. The van der Waals surface area contributed by atoms with Crippen molar-refractivity contribution >= 4 is 16.9 Å². The number of fused-ring (bicyclic) bond motifs is 1. The Bertz CT molecular complexity index is 881. The van der Waals surface area contributed by atoms with Gasteiger partial charge < -0.3 is 19.2 Å². The third kappa shape index (κ3) is 3.76. The third-order valence-corrected chi connectivity index (χ3v) is 4.03. The molecular weight excluding hydrogens is 318 g/mol. The molecule has 0 saturated carbocycles. The first-order valence-electron chi connectivity index (χ1n) is 8.13. The Kier molecular flexibility index (Phi) is 4.93. The number of amides is 1. The summed E-state index contributed by atoms with van der Waals surface area (Å²) in [4.78, 5) is 12.4. The molecule has 2 aromatic carbocycles. The van der Waals surface area contributed by atoms with Crippen LogP contribution in [-0.4, -0.2) is 26.2 Å². The van der Waals surface area contributed by atoms with Gasteiger partial charge in [-0.3, -0.25) is 4.79 Å². The molecule has 0 aliphatic rings. The van der Waals surface area contributed by atoms with Crippen molar-refractivity contribution in [3.05, 3.63) is 59.4 Å². The molecule has 0 atom stereocenters. The van der Waals surface area contributed by atoms with E-state index in [4.69, 9.17) is 13.9 Å². The van der Waals surface area contributed by atoms with Crippen molar-refractivity contribution in [3.63, 3.8) is 0 Å². The molecule has 1 N–H and O–H groups in total. The number of aryl methyl sites for hydroxylation is 2. The van der Waals surface area contributed by atoms with E-state index in [1.54, 1.807) is 13.2 Å². The molecule has 1 heterocycles. The Labute approximate surface area is 146 Å². The Morgan fingerprint density at radius 3 is 2.52 bits per heavy atom. The predicted molar refractivity (Wildman–Crippen MR) is 96.5 cm³/mol. The van der Waals surface area contributed by atoms with E-state index in [9.17, 15) is 4.79 Å². The first-order chi connectivity index (χ1) is 12.1. The zero-order valence-corrected chi connectivity index (χ0v) is 14.6. The van der Waals surface area contributed by atoms with E-state index in [2.05, 4.69) is 5.32 Å². The molecule has 5 nitrogen and oxygen atoms in total. The van der Waals surface area contributed by atoms with Crippen LogP contribution in [-0.2, 0) is 0 Å². The first kappa shape index (κ1) is 16.9. The van der Waals surface area contributed by atoms with Crippen LogP contribution in [0.25, 0.3) is 11.0 Å². The number of rotatable bonds is 6. The SMILES string of the molecule is COc1ccc2oc(C(=O)NCCOc3ccc(C)cc3)c(C)c2c1. The molecule has 5 heteroatoms. The molecule has 25 heavy (non-hydrogen) atoms. The van der Waals surface area contributed by atoms with E-state index < -0.39 is 0 Å². The number of ether oxygens (including phenoxy) is 2. The maximum absolute atomic E-state index is 12.4. The van der Waals surface area contributed by atoms with Gasteiger partial charge in [0.2, 0.25) is 0 Å². The molecule has 3 aromatic rings. The highest BCUT2D eigenvalue weighted by Crippen LogP contribution is 2.28. The minimum absolute atomic E-state index is 0.250. The number of carbonyl (C=O) groups excluding carboxylic acids is 1. The summed E-state index contributed by atoms with van der Waals surface area (Å²) in [5.74, 6) is 1.58. The maximum atomic E-state index is 12.4. The molecule has 0 fully saturated rings. The second kappa shape index (κ2) is 7.30. The summed E-state index contributed by atoms with van der Waals surface area (Å²) in [5.41, 5.74) is 2.64. The highest BCUT2D eigenvalue weighted by molar-refractivity contribution is 5.99. The lowest BCUT2D eigenvalue weighted by atomic mass is 10.1. The van der Waals surface area contributed by atoms with E-state index in [1.807, 2.05) is 50.2 Å². The summed E-state index contributed by atoms with van der Waals surface area (Å²) in [7, 11) is 1.61. The van der Waals surface area contributed by atoms with Crippen molar-refractivity contribution < 1.29 is 18.7 Å². The highest BCUT2D eigenvalue weighted by atomic mass is 16.5. The van der Waals surface area contributed by atoms with Gasteiger partial charge in [0, 0.05) is 10.9 Å². The fourth-order valence-corrected chi connectivity index (χ4v) is 2.59. The Hall–Kier alpha value is -2.95. The minimum atomic E-state index is -0.250. The topological polar surface area (TPSA) is 60.7 Å². The van der Waals surface area contributed by atoms with Gasteiger partial charge in [-0.15, -0.1) is 0 Å². The van der Waals surface area contributed by atoms with Crippen LogP contribution in [0.15, 0.2) is 46.9 Å². The number of methoxy groups -OCH3 is 1. The average molecular weight is 339 g/mol. The number of hydrogen-bond donors (Lipinski definition) is 1. The summed E-state index contributed by atoms with van der Waals surface area (Å²) in [6.45, 7) is 4.67. The summed E-state index contributed by atoms with van der Waals surface area (Å²) < 4.78 is 16.5. The van der Waals surface area contributed by atoms with Crippen molar-refractivity contribution in [2.24, 2.45) is 0 Å². The molecule has 0 aliphatic heterocycles. The third-order valence-electron chi connectivity index (χ3n) is 4.03. The van der Waals surface area contributed by atoms with Gasteiger partial charge in [0.1, 0.15) is 23.7 Å². The van der Waals surface area contributed by atoms with Crippen molar-refractivity contribution in [3.8, 4) is 11.5 Å². The molecular formula is C20H21NO4. The van der Waals surface area contributed by atoms with Crippen LogP contribution in [0.4, 0.5) is 0 Å². The first-order valence-corrected chi connectivity index (χ1v) is 8.13. The van der Waals surface area contributed by atoms with Crippen molar-refractivity contribution in [1.82, 2.24) is 5.32 Å². The highest BCUT2D eigenvalue weighted by Gasteiger charge is 2.17. The van der Waals surface area contributed by atoms with E-state index >= 15 is 0 Å². The number of hydrogen-bond acceptors (Lipinski definition) is 4. The zero-order valence-electron chi connectivity index (χ0n) is 14.6. The summed E-state index contributed by atoms with van der Waals surface area (Å²) in [6, 6.07) is 13.3. The number of nitrogens with one attached hydrogen (secondary N) is 1. The van der Waals surface area contributed by atoms with Crippen LogP contribution >= 0.6 is 0 Å². The zero-order chi connectivity index (χ0) is 17.8. The van der Waals surface area contributed by atoms with Crippen LogP contribution in [0.1, 0.15) is 21.7 Å². The molecule has 0 saturated heterocycles. The van der Waals surface area contributed by atoms with Crippen molar-refractivity contribution in [2.45, 2.75) is 13.8 Å². The van der Waals surface area contributed by atoms with Gasteiger partial charge in [-0.25, -0.2) is 0 Å². The van der Waals surface area contributed by atoms with E-state index in [0.717, 1.165) is 22.4 Å². The molecule has 0 aliphatic carbocycles. The van der Waals surface area contributed by atoms with Gasteiger partial charge in [-0.05, 0) is 44.2 Å². The lowest BCUT2D eigenvalue weighted by Gasteiger charge is -2.07. The normalized spacial score (nSPS) is 10.7. The van der Waals surface area contributed by atoms with Crippen molar-refractivity contribution in [1.29, 1.82) is 0 Å². The summed E-state index contributed by atoms with van der Waals surface area (Å²) in [6.07, 6.45) is 0. The molecule has 130 valence electrons. The number of carbonyl (C=O) groups is 1. The van der Waals surface area contributed by atoms with E-state index in [1.165, 1.54) is 5.56 Å². The molecule has 0 spiro atoms. The van der Waals surface area contributed by atoms with Gasteiger partial charge in [0.25, 0.3) is 5.91 Å². The smallest absolute Gasteiger partial charge is 0.287 e. The van der Waals surface area contributed by atoms with Crippen LogP contribution in [0.2, 0.25) is 0 Å². The van der Waals surface area contributed by atoms with Gasteiger partial charge in [0.15, 0.2) is 5.76 Å². The predicted octanol–water partition coefficient (Wildman–Crippen LogP) is 3.87. The second-order valence-electron chi connectivity index (χ2n) is 5.84. The van der Waals surface area contributed by atoms with E-state index in [-0.39, 0.29) is 5.91 Å².